The zero-order chi connectivity index (χ0) is 13.4. The van der Waals surface area contributed by atoms with Gasteiger partial charge in [0, 0.05) is 25.8 Å². The lowest BCUT2D eigenvalue weighted by Crippen LogP contribution is -2.21. The molecule has 0 heterocycles. The molecule has 5 heteroatoms. The van der Waals surface area contributed by atoms with Crippen molar-refractivity contribution in [2.75, 3.05) is 19.0 Å². The normalized spacial score (nSPS) is 9.89. The van der Waals surface area contributed by atoms with Gasteiger partial charge in [-0.15, -0.1) is 0 Å². The third kappa shape index (κ3) is 4.97. The molecule has 0 aliphatic heterocycles. The third-order valence-corrected chi connectivity index (χ3v) is 2.30. The first-order valence-corrected chi connectivity index (χ1v) is 5.80. The van der Waals surface area contributed by atoms with Gasteiger partial charge < -0.3 is 15.4 Å². The fourth-order valence-electron chi connectivity index (χ4n) is 1.41. The van der Waals surface area contributed by atoms with E-state index in [1.165, 1.54) is 7.11 Å². The van der Waals surface area contributed by atoms with Gasteiger partial charge in [-0.05, 0) is 17.7 Å². The van der Waals surface area contributed by atoms with Crippen LogP contribution < -0.4 is 10.6 Å². The van der Waals surface area contributed by atoms with Gasteiger partial charge in [-0.2, -0.15) is 0 Å². The molecule has 0 unspecified atom stereocenters. The Kier molecular flexibility index (Phi) is 5.87. The Morgan fingerprint density at radius 1 is 1.28 bits per heavy atom. The van der Waals surface area contributed by atoms with E-state index in [1.807, 2.05) is 18.2 Å². The van der Waals surface area contributed by atoms with Crippen molar-refractivity contribution in [3.8, 4) is 0 Å². The summed E-state index contributed by atoms with van der Waals surface area (Å²) in [5.41, 5.74) is 1.63. The van der Waals surface area contributed by atoms with Gasteiger partial charge in [-0.1, -0.05) is 19.1 Å². The van der Waals surface area contributed by atoms with Gasteiger partial charge in [-0.3, -0.25) is 9.59 Å². The van der Waals surface area contributed by atoms with Gasteiger partial charge in [-0.25, -0.2) is 0 Å². The molecule has 0 radical (unpaired) electrons. The minimum Gasteiger partial charge on any atom is -0.375 e. The van der Waals surface area contributed by atoms with Gasteiger partial charge in [0.05, 0.1) is 0 Å². The van der Waals surface area contributed by atoms with Crippen LogP contribution in [0.3, 0.4) is 0 Å². The number of nitrogens with one attached hydrogen (secondary N) is 2. The quantitative estimate of drug-likeness (QED) is 0.799. The van der Waals surface area contributed by atoms with Gasteiger partial charge >= 0.3 is 0 Å². The number of carbonyl (C=O) groups excluding carboxylic acids is 2. The van der Waals surface area contributed by atoms with Crippen LogP contribution in [0.15, 0.2) is 24.3 Å². The number of hydrogen-bond acceptors (Lipinski definition) is 3. The van der Waals surface area contributed by atoms with Crippen LogP contribution >= 0.6 is 0 Å². The van der Waals surface area contributed by atoms with Crippen molar-refractivity contribution in [2.24, 2.45) is 0 Å². The molecular weight excluding hydrogens is 232 g/mol. The van der Waals surface area contributed by atoms with Gasteiger partial charge in [0.25, 0.3) is 0 Å². The predicted octanol–water partition coefficient (Wildman–Crippen LogP) is 1.30. The van der Waals surface area contributed by atoms with Crippen molar-refractivity contribution in [3.63, 3.8) is 0 Å². The Balaban J connectivity index is 2.56. The molecule has 0 fully saturated rings. The Morgan fingerprint density at radius 3 is 2.72 bits per heavy atom. The number of methoxy groups -OCH3 is 1. The van der Waals surface area contributed by atoms with Gasteiger partial charge in [0.2, 0.25) is 11.8 Å². The number of hydrogen-bond donors (Lipinski definition) is 2. The second kappa shape index (κ2) is 7.45. The number of ether oxygens (including phenoxy) is 1. The second-order valence-corrected chi connectivity index (χ2v) is 3.81. The minimum atomic E-state index is -0.202. The summed E-state index contributed by atoms with van der Waals surface area (Å²) < 4.78 is 4.73. The van der Waals surface area contributed by atoms with Crippen molar-refractivity contribution in [1.82, 2.24) is 5.32 Å². The molecule has 0 aliphatic rings. The molecule has 0 saturated carbocycles. The van der Waals surface area contributed by atoms with Crippen LogP contribution in [0, 0.1) is 0 Å². The van der Waals surface area contributed by atoms with Crippen molar-refractivity contribution in [1.29, 1.82) is 0 Å². The maximum Gasteiger partial charge on any atom is 0.250 e. The van der Waals surface area contributed by atoms with E-state index in [1.54, 1.807) is 13.0 Å². The van der Waals surface area contributed by atoms with Crippen LogP contribution in [0.25, 0.3) is 0 Å². The van der Waals surface area contributed by atoms with Crippen molar-refractivity contribution in [3.05, 3.63) is 29.8 Å². The Bertz CT molecular complexity index is 418. The zero-order valence-corrected chi connectivity index (χ0v) is 10.7. The molecule has 18 heavy (non-hydrogen) atoms. The molecule has 0 atom stereocenters. The molecule has 1 aromatic rings. The first-order valence-electron chi connectivity index (χ1n) is 5.80. The molecule has 0 saturated heterocycles. The third-order valence-electron chi connectivity index (χ3n) is 2.30. The molecule has 1 rings (SSSR count). The molecule has 2 amide bonds. The summed E-state index contributed by atoms with van der Waals surface area (Å²) in [4.78, 5) is 22.5. The monoisotopic (exact) mass is 250 g/mol. The van der Waals surface area contributed by atoms with Crippen LogP contribution in [0.1, 0.15) is 18.9 Å². The highest BCUT2D eigenvalue weighted by molar-refractivity contribution is 5.91. The van der Waals surface area contributed by atoms with E-state index >= 15 is 0 Å². The van der Waals surface area contributed by atoms with E-state index in [0.717, 1.165) is 5.56 Å². The van der Waals surface area contributed by atoms with Crippen LogP contribution in [0.4, 0.5) is 5.69 Å². The molecule has 0 spiro atoms. The first-order chi connectivity index (χ1) is 8.65. The Labute approximate surface area is 107 Å². The summed E-state index contributed by atoms with van der Waals surface area (Å²) >= 11 is 0. The highest BCUT2D eigenvalue weighted by Crippen LogP contribution is 2.10. The topological polar surface area (TPSA) is 67.4 Å². The van der Waals surface area contributed by atoms with Crippen molar-refractivity contribution < 1.29 is 14.3 Å². The van der Waals surface area contributed by atoms with Crippen molar-refractivity contribution >= 4 is 17.5 Å². The molecular formula is C13H18N2O3. The minimum absolute atomic E-state index is 0.00354. The number of carbonyl (C=O) groups is 2. The Hall–Kier alpha value is -1.88. The SMILES string of the molecule is CCC(=O)NCc1cccc(NC(=O)COC)c1. The smallest absolute Gasteiger partial charge is 0.250 e. The number of anilines is 1. The fraction of sp³-hybridized carbons (Fsp3) is 0.385. The lowest BCUT2D eigenvalue weighted by molar-refractivity contribution is -0.121. The van der Waals surface area contributed by atoms with Gasteiger partial charge in [0.15, 0.2) is 0 Å². The fourth-order valence-corrected chi connectivity index (χ4v) is 1.41. The summed E-state index contributed by atoms with van der Waals surface area (Å²) in [6, 6.07) is 7.33. The highest BCUT2D eigenvalue weighted by atomic mass is 16.5. The lowest BCUT2D eigenvalue weighted by atomic mass is 10.2. The van der Waals surface area contributed by atoms with Crippen molar-refractivity contribution in [2.45, 2.75) is 19.9 Å². The maximum absolute atomic E-state index is 11.3. The number of benzene rings is 1. The molecule has 98 valence electrons. The number of amides is 2. The largest absolute Gasteiger partial charge is 0.375 e. The summed E-state index contributed by atoms with van der Waals surface area (Å²) in [5.74, 6) is -0.198. The molecule has 0 bridgehead atoms. The predicted molar refractivity (Wildman–Crippen MR) is 69.1 cm³/mol. The standard InChI is InChI=1S/C13H18N2O3/c1-3-12(16)14-8-10-5-4-6-11(7-10)15-13(17)9-18-2/h4-7H,3,8-9H2,1-2H3,(H,14,16)(H,15,17). The summed E-state index contributed by atoms with van der Waals surface area (Å²) in [5, 5.41) is 5.49. The van der Waals surface area contributed by atoms with E-state index in [2.05, 4.69) is 10.6 Å². The Morgan fingerprint density at radius 2 is 2.06 bits per heavy atom. The maximum atomic E-state index is 11.3. The lowest BCUT2D eigenvalue weighted by Gasteiger charge is -2.08. The molecule has 0 aliphatic carbocycles. The van der Waals surface area contributed by atoms with Crippen LogP contribution in [-0.2, 0) is 20.9 Å². The molecule has 0 aromatic heterocycles. The van der Waals surface area contributed by atoms with E-state index in [0.29, 0.717) is 18.7 Å². The van der Waals surface area contributed by atoms with Crippen LogP contribution in [-0.4, -0.2) is 25.5 Å². The molecule has 5 nitrogen and oxygen atoms in total. The summed E-state index contributed by atoms with van der Waals surface area (Å²) in [6.07, 6.45) is 0.463. The van der Waals surface area contributed by atoms with Gasteiger partial charge in [0.1, 0.15) is 6.61 Å². The zero-order valence-electron chi connectivity index (χ0n) is 10.7. The summed E-state index contributed by atoms with van der Waals surface area (Å²) in [6.45, 7) is 2.29. The van der Waals surface area contributed by atoms with E-state index in [-0.39, 0.29) is 18.4 Å². The highest BCUT2D eigenvalue weighted by Gasteiger charge is 2.02. The second-order valence-electron chi connectivity index (χ2n) is 3.81. The first kappa shape index (κ1) is 14.2. The average Bonchev–Trinajstić information content (AvgIpc) is 2.36. The average molecular weight is 250 g/mol. The molecule has 1 aromatic carbocycles. The van der Waals surface area contributed by atoms with Crippen LogP contribution in [0.5, 0.6) is 0 Å². The summed E-state index contributed by atoms with van der Waals surface area (Å²) in [7, 11) is 1.47. The molecule has 2 N–H and O–H groups in total. The van der Waals surface area contributed by atoms with E-state index in [4.69, 9.17) is 4.74 Å². The van der Waals surface area contributed by atoms with E-state index in [9.17, 15) is 9.59 Å². The van der Waals surface area contributed by atoms with E-state index < -0.39 is 0 Å². The van der Waals surface area contributed by atoms with Crippen LogP contribution in [0.2, 0.25) is 0 Å². The number of rotatable bonds is 6.